The van der Waals surface area contributed by atoms with Gasteiger partial charge in [-0.15, -0.1) is 0 Å². The van der Waals surface area contributed by atoms with Crippen LogP contribution in [0.15, 0.2) is 84.6 Å². The van der Waals surface area contributed by atoms with E-state index in [9.17, 15) is 9.59 Å². The summed E-state index contributed by atoms with van der Waals surface area (Å²) in [5.41, 5.74) is 3.52. The van der Waals surface area contributed by atoms with Crippen LogP contribution in [0.25, 0.3) is 27.5 Å². The second-order valence-electron chi connectivity index (χ2n) is 6.58. The van der Waals surface area contributed by atoms with Crippen LogP contribution < -0.4 is 5.32 Å². The molecule has 0 fully saturated rings. The first kappa shape index (κ1) is 19.3. The summed E-state index contributed by atoms with van der Waals surface area (Å²) in [7, 11) is 2.51. The summed E-state index contributed by atoms with van der Waals surface area (Å²) in [6.07, 6.45) is 1.08. The Hall–Kier alpha value is -4.06. The molecule has 0 aliphatic rings. The van der Waals surface area contributed by atoms with Gasteiger partial charge in [-0.25, -0.2) is 9.59 Å². The van der Waals surface area contributed by atoms with E-state index >= 15 is 0 Å². The molecular formula is C24H20N2O4. The first-order chi connectivity index (χ1) is 14.6. The fourth-order valence-corrected chi connectivity index (χ4v) is 3.53. The van der Waals surface area contributed by atoms with Crippen molar-refractivity contribution in [3.63, 3.8) is 0 Å². The van der Waals surface area contributed by atoms with E-state index in [0.29, 0.717) is 5.69 Å². The van der Waals surface area contributed by atoms with Gasteiger partial charge in [0.1, 0.15) is 5.70 Å². The Kier molecular flexibility index (Phi) is 5.22. The first-order valence-corrected chi connectivity index (χ1v) is 9.36. The van der Waals surface area contributed by atoms with Crippen LogP contribution in [-0.2, 0) is 19.1 Å². The molecule has 0 radical (unpaired) electrons. The Balaban J connectivity index is 1.92. The standard InChI is InChI=1S/C24H20N2O4/c1-29-23(27)15-19(24(28)30-2)25-18-11-5-8-14-22(18)26-20-12-6-3-9-16(20)17-10-4-7-13-21(17)26/h3-15,25H,1-2H3/b19-15+. The van der Waals surface area contributed by atoms with Gasteiger partial charge in [-0.05, 0) is 24.3 Å². The fraction of sp³-hybridized carbons (Fsp3) is 0.0833. The normalized spacial score (nSPS) is 11.5. The van der Waals surface area contributed by atoms with E-state index in [1.165, 1.54) is 14.2 Å². The number of carbonyl (C=O) groups is 2. The molecule has 4 aromatic rings. The Bertz CT molecular complexity index is 1230. The molecule has 1 aromatic heterocycles. The van der Waals surface area contributed by atoms with Gasteiger partial charge in [-0.3, -0.25) is 0 Å². The maximum Gasteiger partial charge on any atom is 0.354 e. The van der Waals surface area contributed by atoms with Gasteiger partial charge in [-0.1, -0.05) is 48.5 Å². The average Bonchev–Trinajstić information content (AvgIpc) is 3.12. The highest BCUT2D eigenvalue weighted by molar-refractivity contribution is 6.09. The zero-order chi connectivity index (χ0) is 21.1. The molecule has 3 aromatic carbocycles. The molecular weight excluding hydrogens is 380 g/mol. The summed E-state index contributed by atoms with van der Waals surface area (Å²) in [4.78, 5) is 24.0. The van der Waals surface area contributed by atoms with Crippen LogP contribution in [0.1, 0.15) is 0 Å². The number of nitrogens with one attached hydrogen (secondary N) is 1. The number of aromatic nitrogens is 1. The van der Waals surface area contributed by atoms with Gasteiger partial charge in [0.15, 0.2) is 0 Å². The van der Waals surface area contributed by atoms with Crippen molar-refractivity contribution in [3.05, 3.63) is 84.6 Å². The second kappa shape index (κ2) is 8.13. The summed E-state index contributed by atoms with van der Waals surface area (Å²) >= 11 is 0. The zero-order valence-electron chi connectivity index (χ0n) is 16.6. The molecule has 0 saturated heterocycles. The number of benzene rings is 3. The summed E-state index contributed by atoms with van der Waals surface area (Å²) in [6.45, 7) is 0. The van der Waals surface area contributed by atoms with Crippen molar-refractivity contribution < 1.29 is 19.1 Å². The zero-order valence-corrected chi connectivity index (χ0v) is 16.6. The van der Waals surface area contributed by atoms with Gasteiger partial charge in [0.05, 0.1) is 42.7 Å². The number of para-hydroxylation sites is 4. The van der Waals surface area contributed by atoms with Gasteiger partial charge in [-0.2, -0.15) is 0 Å². The highest BCUT2D eigenvalue weighted by Crippen LogP contribution is 2.34. The monoisotopic (exact) mass is 400 g/mol. The molecule has 0 bridgehead atoms. The molecule has 0 aliphatic heterocycles. The number of nitrogens with zero attached hydrogens (tertiary/aromatic N) is 1. The van der Waals surface area contributed by atoms with Crippen molar-refractivity contribution in [3.8, 4) is 5.69 Å². The van der Waals surface area contributed by atoms with Gasteiger partial charge in [0.25, 0.3) is 0 Å². The van der Waals surface area contributed by atoms with Crippen LogP contribution in [0.2, 0.25) is 0 Å². The summed E-state index contributed by atoms with van der Waals surface area (Å²) in [5.74, 6) is -1.32. The molecule has 6 heteroatoms. The number of carbonyl (C=O) groups excluding carboxylic acids is 2. The number of rotatable bonds is 5. The molecule has 4 rings (SSSR count). The van der Waals surface area contributed by atoms with Crippen molar-refractivity contribution in [2.24, 2.45) is 0 Å². The predicted molar refractivity (Wildman–Crippen MR) is 117 cm³/mol. The number of methoxy groups -OCH3 is 2. The molecule has 1 N–H and O–H groups in total. The predicted octanol–water partition coefficient (Wildman–Crippen LogP) is 4.43. The molecule has 0 aliphatic carbocycles. The maximum atomic E-state index is 12.2. The Morgan fingerprint density at radius 2 is 1.37 bits per heavy atom. The molecule has 0 amide bonds. The lowest BCUT2D eigenvalue weighted by atomic mass is 10.2. The van der Waals surface area contributed by atoms with Crippen LogP contribution in [0.3, 0.4) is 0 Å². The SMILES string of the molecule is COC(=O)/C=C(/Nc1ccccc1-n1c2ccccc2c2ccccc21)C(=O)OC. The van der Waals surface area contributed by atoms with E-state index < -0.39 is 11.9 Å². The molecule has 30 heavy (non-hydrogen) atoms. The third-order valence-corrected chi connectivity index (χ3v) is 4.86. The smallest absolute Gasteiger partial charge is 0.354 e. The number of anilines is 1. The van der Waals surface area contributed by atoms with E-state index in [1.54, 1.807) is 0 Å². The lowest BCUT2D eigenvalue weighted by molar-refractivity contribution is -0.138. The Labute approximate surface area is 173 Å². The van der Waals surface area contributed by atoms with Crippen molar-refractivity contribution in [2.75, 3.05) is 19.5 Å². The van der Waals surface area contributed by atoms with E-state index in [-0.39, 0.29) is 5.70 Å². The van der Waals surface area contributed by atoms with Crippen LogP contribution in [0, 0.1) is 0 Å². The summed E-state index contributed by atoms with van der Waals surface area (Å²) in [5, 5.41) is 5.30. The molecule has 0 unspecified atom stereocenters. The van der Waals surface area contributed by atoms with Gasteiger partial charge in [0.2, 0.25) is 0 Å². The minimum atomic E-state index is -0.669. The van der Waals surface area contributed by atoms with E-state index in [4.69, 9.17) is 4.74 Å². The van der Waals surface area contributed by atoms with Crippen molar-refractivity contribution in [1.82, 2.24) is 4.57 Å². The summed E-state index contributed by atoms with van der Waals surface area (Å²) < 4.78 is 11.6. The van der Waals surface area contributed by atoms with Crippen molar-refractivity contribution in [1.29, 1.82) is 0 Å². The second-order valence-corrected chi connectivity index (χ2v) is 6.58. The van der Waals surface area contributed by atoms with Gasteiger partial charge < -0.3 is 19.4 Å². The largest absolute Gasteiger partial charge is 0.466 e. The molecule has 0 saturated carbocycles. The fourth-order valence-electron chi connectivity index (χ4n) is 3.53. The van der Waals surface area contributed by atoms with Crippen LogP contribution in [-0.4, -0.2) is 30.7 Å². The molecule has 150 valence electrons. The number of esters is 2. The molecule has 0 atom stereocenters. The highest BCUT2D eigenvalue weighted by Gasteiger charge is 2.17. The highest BCUT2D eigenvalue weighted by atomic mass is 16.5. The van der Waals surface area contributed by atoms with E-state index in [0.717, 1.165) is 33.6 Å². The van der Waals surface area contributed by atoms with E-state index in [1.807, 2.05) is 48.5 Å². The quantitative estimate of drug-likeness (QED) is 0.397. The van der Waals surface area contributed by atoms with Crippen LogP contribution in [0.5, 0.6) is 0 Å². The third-order valence-electron chi connectivity index (χ3n) is 4.86. The lowest BCUT2D eigenvalue weighted by Gasteiger charge is -2.16. The lowest BCUT2D eigenvalue weighted by Crippen LogP contribution is -2.16. The summed E-state index contributed by atoms with van der Waals surface area (Å²) in [6, 6.07) is 23.8. The van der Waals surface area contributed by atoms with Gasteiger partial charge >= 0.3 is 11.9 Å². The maximum absolute atomic E-state index is 12.2. The third kappa shape index (κ3) is 3.39. The van der Waals surface area contributed by atoms with Crippen molar-refractivity contribution in [2.45, 2.75) is 0 Å². The number of hydrogen-bond acceptors (Lipinski definition) is 5. The van der Waals surface area contributed by atoms with Crippen LogP contribution >= 0.6 is 0 Å². The number of hydrogen-bond donors (Lipinski definition) is 1. The number of fused-ring (bicyclic) bond motifs is 3. The van der Waals surface area contributed by atoms with Crippen molar-refractivity contribution >= 4 is 39.4 Å². The van der Waals surface area contributed by atoms with Crippen LogP contribution in [0.4, 0.5) is 5.69 Å². The Morgan fingerprint density at radius 1 is 0.800 bits per heavy atom. The van der Waals surface area contributed by atoms with Gasteiger partial charge in [0, 0.05) is 10.8 Å². The minimum Gasteiger partial charge on any atom is -0.466 e. The molecule has 1 heterocycles. The average molecular weight is 400 g/mol. The Morgan fingerprint density at radius 3 is 1.97 bits per heavy atom. The minimum absolute atomic E-state index is 0.0161. The molecule has 6 nitrogen and oxygen atoms in total. The molecule has 0 spiro atoms. The number of ether oxygens (including phenoxy) is 2. The van der Waals surface area contributed by atoms with E-state index in [2.05, 4.69) is 38.9 Å². The topological polar surface area (TPSA) is 69.6 Å². The first-order valence-electron chi connectivity index (χ1n) is 9.36.